The van der Waals surface area contributed by atoms with E-state index in [9.17, 15) is 9.59 Å². The van der Waals surface area contributed by atoms with Crippen molar-refractivity contribution in [2.75, 3.05) is 5.32 Å². The van der Waals surface area contributed by atoms with Crippen molar-refractivity contribution in [3.05, 3.63) is 64.8 Å². The van der Waals surface area contributed by atoms with Crippen LogP contribution in [0.1, 0.15) is 5.56 Å². The first-order chi connectivity index (χ1) is 14.1. The first-order valence-electron chi connectivity index (χ1n) is 8.40. The molecule has 0 bridgehead atoms. The maximum Gasteiger partial charge on any atom is 0.329 e. The zero-order chi connectivity index (χ0) is 20.2. The van der Waals surface area contributed by atoms with Gasteiger partial charge in [-0.3, -0.25) is 14.9 Å². The Kier molecular flexibility index (Phi) is 5.45. The fraction of sp³-hybridized carbons (Fsp3) is 0. The van der Waals surface area contributed by atoms with Gasteiger partial charge in [-0.25, -0.2) is 5.43 Å². The third-order valence-electron chi connectivity index (χ3n) is 3.92. The van der Waals surface area contributed by atoms with Crippen molar-refractivity contribution in [3.63, 3.8) is 0 Å². The number of carbonyl (C=O) groups is 2. The number of rotatable bonds is 4. The van der Waals surface area contributed by atoms with E-state index in [-0.39, 0.29) is 5.13 Å². The lowest BCUT2D eigenvalue weighted by Gasteiger charge is -1.99. The van der Waals surface area contributed by atoms with Crippen molar-refractivity contribution in [3.8, 4) is 10.6 Å². The average molecular weight is 469 g/mol. The number of H-pyrrole nitrogens is 1. The SMILES string of the molecule is O=C(NN=Cc1c[nH]c2ccc(Br)cc12)C(=O)Nc1nnc(-c2ccccc2)s1. The summed E-state index contributed by atoms with van der Waals surface area (Å²) >= 11 is 4.59. The number of nitrogens with one attached hydrogen (secondary N) is 3. The summed E-state index contributed by atoms with van der Waals surface area (Å²) < 4.78 is 0.926. The zero-order valence-corrected chi connectivity index (χ0v) is 17.1. The topological polar surface area (TPSA) is 112 Å². The Balaban J connectivity index is 1.37. The summed E-state index contributed by atoms with van der Waals surface area (Å²) in [6, 6.07) is 15.2. The standard InChI is InChI=1S/C19H13BrN6O2S/c20-13-6-7-15-14(8-13)12(9-21-15)10-22-24-17(28)16(27)23-19-26-25-18(29-19)11-4-2-1-3-5-11/h1-10,21H,(H,24,28)(H,23,26,27). The second-order valence-electron chi connectivity index (χ2n) is 5.87. The third-order valence-corrected chi connectivity index (χ3v) is 5.30. The maximum atomic E-state index is 12.0. The quantitative estimate of drug-likeness (QED) is 0.241. The summed E-state index contributed by atoms with van der Waals surface area (Å²) in [6.45, 7) is 0. The van der Waals surface area contributed by atoms with E-state index in [0.717, 1.165) is 26.5 Å². The maximum absolute atomic E-state index is 12.0. The normalized spacial score (nSPS) is 11.1. The van der Waals surface area contributed by atoms with E-state index in [2.05, 4.69) is 47.0 Å². The van der Waals surface area contributed by atoms with Gasteiger partial charge < -0.3 is 4.98 Å². The van der Waals surface area contributed by atoms with Crippen LogP contribution in [0.5, 0.6) is 0 Å². The molecule has 8 nitrogen and oxygen atoms in total. The molecule has 0 aliphatic heterocycles. The van der Waals surface area contributed by atoms with Gasteiger partial charge in [-0.2, -0.15) is 5.10 Å². The van der Waals surface area contributed by atoms with Crippen molar-refractivity contribution in [1.29, 1.82) is 0 Å². The summed E-state index contributed by atoms with van der Waals surface area (Å²) in [5, 5.41) is 16.0. The van der Waals surface area contributed by atoms with Gasteiger partial charge in [0.15, 0.2) is 0 Å². The number of benzene rings is 2. The molecule has 0 aliphatic carbocycles. The molecule has 2 amide bonds. The van der Waals surface area contributed by atoms with Crippen LogP contribution >= 0.6 is 27.3 Å². The minimum atomic E-state index is -0.904. The van der Waals surface area contributed by atoms with Gasteiger partial charge in [0.25, 0.3) is 0 Å². The molecule has 4 aromatic rings. The molecule has 0 saturated carbocycles. The van der Waals surface area contributed by atoms with Crippen molar-refractivity contribution in [2.45, 2.75) is 0 Å². The van der Waals surface area contributed by atoms with E-state index in [1.165, 1.54) is 17.6 Å². The molecular formula is C19H13BrN6O2S. The Bertz CT molecular complexity index is 1220. The minimum Gasteiger partial charge on any atom is -0.361 e. The fourth-order valence-corrected chi connectivity index (χ4v) is 3.66. The van der Waals surface area contributed by atoms with Gasteiger partial charge in [-0.05, 0) is 18.2 Å². The van der Waals surface area contributed by atoms with E-state index in [1.807, 2.05) is 48.5 Å². The Morgan fingerprint density at radius 3 is 2.76 bits per heavy atom. The predicted molar refractivity (Wildman–Crippen MR) is 116 cm³/mol. The van der Waals surface area contributed by atoms with Gasteiger partial charge in [-0.15, -0.1) is 10.2 Å². The second-order valence-corrected chi connectivity index (χ2v) is 7.76. The molecule has 4 rings (SSSR count). The smallest absolute Gasteiger partial charge is 0.329 e. The monoisotopic (exact) mass is 468 g/mol. The number of hydrogen-bond acceptors (Lipinski definition) is 6. The zero-order valence-electron chi connectivity index (χ0n) is 14.7. The largest absolute Gasteiger partial charge is 0.361 e. The Hall–Kier alpha value is -3.37. The van der Waals surface area contributed by atoms with Gasteiger partial charge in [0, 0.05) is 32.7 Å². The molecule has 2 heterocycles. The van der Waals surface area contributed by atoms with Crippen LogP contribution in [-0.4, -0.2) is 33.2 Å². The highest BCUT2D eigenvalue weighted by Gasteiger charge is 2.16. The number of halogens is 1. The minimum absolute atomic E-state index is 0.231. The molecule has 10 heteroatoms. The summed E-state index contributed by atoms with van der Waals surface area (Å²) in [4.78, 5) is 27.1. The molecule has 0 radical (unpaired) electrons. The number of carbonyl (C=O) groups excluding carboxylic acids is 2. The molecular weight excluding hydrogens is 456 g/mol. The predicted octanol–water partition coefficient (Wildman–Crippen LogP) is 3.54. The first-order valence-corrected chi connectivity index (χ1v) is 10.0. The van der Waals surface area contributed by atoms with Gasteiger partial charge in [0.1, 0.15) is 5.01 Å². The molecule has 3 N–H and O–H groups in total. The average Bonchev–Trinajstić information content (AvgIpc) is 3.35. The van der Waals surface area contributed by atoms with E-state index in [4.69, 9.17) is 0 Å². The number of nitrogens with zero attached hydrogens (tertiary/aromatic N) is 3. The highest BCUT2D eigenvalue weighted by molar-refractivity contribution is 9.10. The fourth-order valence-electron chi connectivity index (χ4n) is 2.56. The summed E-state index contributed by atoms with van der Waals surface area (Å²) in [6.07, 6.45) is 3.23. The summed E-state index contributed by atoms with van der Waals surface area (Å²) in [5.74, 6) is -1.78. The van der Waals surface area contributed by atoms with Crippen molar-refractivity contribution in [2.24, 2.45) is 5.10 Å². The molecule has 0 saturated heterocycles. The molecule has 0 unspecified atom stereocenters. The summed E-state index contributed by atoms with van der Waals surface area (Å²) in [7, 11) is 0. The van der Waals surface area contributed by atoms with Crippen LogP contribution in [0.2, 0.25) is 0 Å². The third kappa shape index (κ3) is 4.39. The first kappa shape index (κ1) is 19.0. The van der Waals surface area contributed by atoms with Crippen LogP contribution in [-0.2, 0) is 9.59 Å². The van der Waals surface area contributed by atoms with Crippen LogP contribution in [0.25, 0.3) is 21.5 Å². The second kappa shape index (κ2) is 8.33. The van der Waals surface area contributed by atoms with E-state index in [0.29, 0.717) is 5.01 Å². The molecule has 0 aliphatic rings. The molecule has 0 spiro atoms. The molecule has 29 heavy (non-hydrogen) atoms. The van der Waals surface area contributed by atoms with Crippen molar-refractivity contribution < 1.29 is 9.59 Å². The number of aromatic amines is 1. The van der Waals surface area contributed by atoms with E-state index < -0.39 is 11.8 Å². The van der Waals surface area contributed by atoms with Gasteiger partial charge in [-0.1, -0.05) is 57.6 Å². The molecule has 2 aromatic heterocycles. The number of aromatic nitrogens is 3. The van der Waals surface area contributed by atoms with Crippen LogP contribution in [0.15, 0.2) is 64.3 Å². The van der Waals surface area contributed by atoms with Crippen LogP contribution in [0.3, 0.4) is 0 Å². The molecule has 0 fully saturated rings. The van der Waals surface area contributed by atoms with Gasteiger partial charge >= 0.3 is 11.8 Å². The number of anilines is 1. The van der Waals surface area contributed by atoms with Crippen molar-refractivity contribution in [1.82, 2.24) is 20.6 Å². The number of amides is 2. The van der Waals surface area contributed by atoms with Crippen LogP contribution < -0.4 is 10.7 Å². The number of hydrazone groups is 1. The van der Waals surface area contributed by atoms with Crippen LogP contribution in [0.4, 0.5) is 5.13 Å². The van der Waals surface area contributed by atoms with E-state index >= 15 is 0 Å². The Morgan fingerprint density at radius 1 is 1.10 bits per heavy atom. The van der Waals surface area contributed by atoms with Crippen molar-refractivity contribution >= 4 is 61.3 Å². The lowest BCUT2D eigenvalue weighted by Crippen LogP contribution is -2.32. The lowest BCUT2D eigenvalue weighted by atomic mass is 10.2. The molecule has 2 aromatic carbocycles. The number of hydrogen-bond donors (Lipinski definition) is 3. The highest BCUT2D eigenvalue weighted by Crippen LogP contribution is 2.25. The van der Waals surface area contributed by atoms with Gasteiger partial charge in [0.2, 0.25) is 5.13 Å². The number of fused-ring (bicyclic) bond motifs is 1. The van der Waals surface area contributed by atoms with Gasteiger partial charge in [0.05, 0.1) is 6.21 Å². The Morgan fingerprint density at radius 2 is 1.93 bits per heavy atom. The highest BCUT2D eigenvalue weighted by atomic mass is 79.9. The molecule has 0 atom stereocenters. The van der Waals surface area contributed by atoms with E-state index in [1.54, 1.807) is 6.20 Å². The lowest BCUT2D eigenvalue weighted by molar-refractivity contribution is -0.136. The Labute approximate surface area is 177 Å². The summed E-state index contributed by atoms with van der Waals surface area (Å²) in [5.41, 5.74) is 4.80. The van der Waals surface area contributed by atoms with Crippen LogP contribution in [0, 0.1) is 0 Å². The molecule has 144 valence electrons.